The summed E-state index contributed by atoms with van der Waals surface area (Å²) < 4.78 is 7.04. The molecule has 0 saturated heterocycles. The lowest BCUT2D eigenvalue weighted by molar-refractivity contribution is 0.102. The van der Waals surface area contributed by atoms with Gasteiger partial charge in [0, 0.05) is 25.2 Å². The van der Waals surface area contributed by atoms with Gasteiger partial charge in [-0.1, -0.05) is 6.07 Å². The molecule has 2 aliphatic carbocycles. The van der Waals surface area contributed by atoms with Crippen LogP contribution < -0.4 is 15.4 Å². The van der Waals surface area contributed by atoms with Gasteiger partial charge in [-0.2, -0.15) is 5.10 Å². The van der Waals surface area contributed by atoms with Gasteiger partial charge in [0.1, 0.15) is 5.75 Å². The van der Waals surface area contributed by atoms with Crippen LogP contribution >= 0.6 is 24.8 Å². The number of nitrogens with zero attached hydrogens (tertiary/aromatic N) is 2. The van der Waals surface area contributed by atoms with E-state index in [1.165, 1.54) is 18.4 Å². The maximum Gasteiger partial charge on any atom is 0.259 e. The zero-order valence-corrected chi connectivity index (χ0v) is 17.1. The third-order valence-electron chi connectivity index (χ3n) is 5.02. The minimum absolute atomic E-state index is 0. The van der Waals surface area contributed by atoms with Crippen LogP contribution in [0.15, 0.2) is 30.6 Å². The second-order valence-electron chi connectivity index (χ2n) is 7.12. The number of halogens is 2. The monoisotopic (exact) mass is 412 g/mol. The second-order valence-corrected chi connectivity index (χ2v) is 7.12. The molecule has 0 bridgehead atoms. The number of carbonyl (C=O) groups is 1. The molecule has 6 nitrogen and oxygen atoms in total. The van der Waals surface area contributed by atoms with Gasteiger partial charge in [0.15, 0.2) is 0 Å². The van der Waals surface area contributed by atoms with Crippen molar-refractivity contribution in [3.05, 3.63) is 41.7 Å². The predicted octanol–water partition coefficient (Wildman–Crippen LogP) is 3.38. The number of hydrogen-bond acceptors (Lipinski definition) is 4. The molecule has 2 unspecified atom stereocenters. The van der Waals surface area contributed by atoms with E-state index >= 15 is 0 Å². The highest BCUT2D eigenvalue weighted by molar-refractivity contribution is 6.06. The molecule has 4 rings (SSSR count). The van der Waals surface area contributed by atoms with Gasteiger partial charge in [-0.05, 0) is 49.4 Å². The lowest BCUT2D eigenvalue weighted by atomic mass is 10.0. The van der Waals surface area contributed by atoms with Crippen LogP contribution in [0.3, 0.4) is 0 Å². The first-order valence-corrected chi connectivity index (χ1v) is 8.85. The SMILES string of the molecule is COc1ccc(C2CC2NCC2CC2)cc1C(=O)Nc1cnn(C)c1.Cl.Cl. The van der Waals surface area contributed by atoms with Crippen LogP contribution in [0, 0.1) is 5.92 Å². The minimum Gasteiger partial charge on any atom is -0.496 e. The summed E-state index contributed by atoms with van der Waals surface area (Å²) in [6, 6.07) is 6.48. The van der Waals surface area contributed by atoms with Gasteiger partial charge >= 0.3 is 0 Å². The molecule has 1 aromatic heterocycles. The fourth-order valence-electron chi connectivity index (χ4n) is 3.25. The average molecular weight is 413 g/mol. The Balaban J connectivity index is 0.00000131. The molecule has 2 saturated carbocycles. The fraction of sp³-hybridized carbons (Fsp3) is 0.474. The molecule has 0 aliphatic heterocycles. The number of aromatic nitrogens is 2. The minimum atomic E-state index is -0.171. The first-order valence-electron chi connectivity index (χ1n) is 8.85. The van der Waals surface area contributed by atoms with E-state index < -0.39 is 0 Å². The number of hydrogen-bond donors (Lipinski definition) is 2. The first-order chi connectivity index (χ1) is 12.1. The number of ether oxygens (including phenoxy) is 1. The Morgan fingerprint density at radius 2 is 2.11 bits per heavy atom. The molecule has 1 heterocycles. The summed E-state index contributed by atoms with van der Waals surface area (Å²) in [5, 5.41) is 10.6. The van der Waals surface area contributed by atoms with Gasteiger partial charge in [-0.3, -0.25) is 9.48 Å². The van der Waals surface area contributed by atoms with Crippen molar-refractivity contribution in [1.29, 1.82) is 0 Å². The Morgan fingerprint density at radius 1 is 1.33 bits per heavy atom. The largest absolute Gasteiger partial charge is 0.496 e. The summed E-state index contributed by atoms with van der Waals surface area (Å²) in [7, 11) is 3.41. The number of rotatable bonds is 7. The Bertz CT molecular complexity index is 792. The summed E-state index contributed by atoms with van der Waals surface area (Å²) >= 11 is 0. The van der Waals surface area contributed by atoms with Crippen LogP contribution in [0.4, 0.5) is 5.69 Å². The van der Waals surface area contributed by atoms with Crippen molar-refractivity contribution in [2.75, 3.05) is 19.0 Å². The summed E-state index contributed by atoms with van der Waals surface area (Å²) in [6.07, 6.45) is 7.28. The topological polar surface area (TPSA) is 68.2 Å². The molecule has 2 aromatic rings. The zero-order valence-electron chi connectivity index (χ0n) is 15.5. The molecule has 27 heavy (non-hydrogen) atoms. The van der Waals surface area contributed by atoms with Crippen LogP contribution in [0.5, 0.6) is 5.75 Å². The normalized spacial score (nSPS) is 20.2. The Hall–Kier alpha value is -1.76. The molecule has 1 aromatic carbocycles. The van der Waals surface area contributed by atoms with Crippen LogP contribution in [0.1, 0.15) is 41.1 Å². The van der Waals surface area contributed by atoms with Crippen molar-refractivity contribution in [1.82, 2.24) is 15.1 Å². The first kappa shape index (κ1) is 21.5. The van der Waals surface area contributed by atoms with Gasteiger partial charge in [0.2, 0.25) is 0 Å². The molecule has 2 atom stereocenters. The lowest BCUT2D eigenvalue weighted by Gasteiger charge is -2.11. The van der Waals surface area contributed by atoms with Crippen molar-refractivity contribution in [3.8, 4) is 5.75 Å². The van der Waals surface area contributed by atoms with Gasteiger partial charge in [0.05, 0.1) is 24.6 Å². The number of methoxy groups -OCH3 is 1. The standard InChI is InChI=1S/C19H24N4O2.2ClH/c1-23-11-14(10-21-23)22-19(24)16-7-13(5-6-18(16)25-2)15-8-17(15)20-9-12-3-4-12;;/h5-7,10-12,15,17,20H,3-4,8-9H2,1-2H3,(H,22,24);2*1H. The van der Waals surface area contributed by atoms with E-state index in [9.17, 15) is 4.79 Å². The molecule has 8 heteroatoms. The molecule has 2 fully saturated rings. The summed E-state index contributed by atoms with van der Waals surface area (Å²) in [6.45, 7) is 1.13. The summed E-state index contributed by atoms with van der Waals surface area (Å²) in [4.78, 5) is 12.7. The molecule has 148 valence electrons. The van der Waals surface area contributed by atoms with E-state index in [0.29, 0.717) is 29.0 Å². The Kier molecular flexibility index (Phi) is 7.14. The lowest BCUT2D eigenvalue weighted by Crippen LogP contribution is -2.20. The van der Waals surface area contributed by atoms with E-state index in [2.05, 4.69) is 21.8 Å². The highest BCUT2D eigenvalue weighted by atomic mass is 35.5. The molecule has 1 amide bonds. The number of anilines is 1. The number of nitrogens with one attached hydrogen (secondary N) is 2. The van der Waals surface area contributed by atoms with Gasteiger partial charge in [-0.25, -0.2) is 0 Å². The van der Waals surface area contributed by atoms with E-state index in [4.69, 9.17) is 4.74 Å². The van der Waals surface area contributed by atoms with Crippen molar-refractivity contribution >= 4 is 36.4 Å². The zero-order chi connectivity index (χ0) is 17.4. The maximum atomic E-state index is 12.7. The van der Waals surface area contributed by atoms with E-state index in [-0.39, 0.29) is 30.7 Å². The van der Waals surface area contributed by atoms with Crippen molar-refractivity contribution in [2.45, 2.75) is 31.2 Å². The van der Waals surface area contributed by atoms with E-state index in [1.54, 1.807) is 24.2 Å². The number of benzene rings is 1. The van der Waals surface area contributed by atoms with Crippen molar-refractivity contribution in [2.24, 2.45) is 13.0 Å². The smallest absolute Gasteiger partial charge is 0.259 e. The predicted molar refractivity (Wildman–Crippen MR) is 111 cm³/mol. The average Bonchev–Trinajstić information content (AvgIpc) is 3.52. The molecule has 2 aliphatic rings. The van der Waals surface area contributed by atoms with Crippen LogP contribution in [-0.4, -0.2) is 35.4 Å². The van der Waals surface area contributed by atoms with Gasteiger partial charge in [-0.15, -0.1) is 24.8 Å². The fourth-order valence-corrected chi connectivity index (χ4v) is 3.25. The van der Waals surface area contributed by atoms with Crippen LogP contribution in [0.25, 0.3) is 0 Å². The third-order valence-corrected chi connectivity index (χ3v) is 5.02. The van der Waals surface area contributed by atoms with E-state index in [1.807, 2.05) is 19.2 Å². The molecule has 2 N–H and O–H groups in total. The Morgan fingerprint density at radius 3 is 2.74 bits per heavy atom. The van der Waals surface area contributed by atoms with Gasteiger partial charge in [0.25, 0.3) is 5.91 Å². The molecule has 0 spiro atoms. The van der Waals surface area contributed by atoms with Crippen LogP contribution in [-0.2, 0) is 7.05 Å². The highest BCUT2D eigenvalue weighted by Gasteiger charge is 2.39. The van der Waals surface area contributed by atoms with E-state index in [0.717, 1.165) is 18.9 Å². The maximum absolute atomic E-state index is 12.7. The number of amides is 1. The summed E-state index contributed by atoms with van der Waals surface area (Å²) in [5.41, 5.74) is 2.44. The van der Waals surface area contributed by atoms with Crippen LogP contribution in [0.2, 0.25) is 0 Å². The highest BCUT2D eigenvalue weighted by Crippen LogP contribution is 2.42. The van der Waals surface area contributed by atoms with Crippen molar-refractivity contribution < 1.29 is 9.53 Å². The molecular formula is C19H26Cl2N4O2. The number of aryl methyl sites for hydroxylation is 1. The van der Waals surface area contributed by atoms with Crippen molar-refractivity contribution in [3.63, 3.8) is 0 Å². The quantitative estimate of drug-likeness (QED) is 0.731. The Labute approximate surface area is 171 Å². The number of carbonyl (C=O) groups excluding carboxylic acids is 1. The summed E-state index contributed by atoms with van der Waals surface area (Å²) in [5.74, 6) is 1.80. The molecule has 0 radical (unpaired) electrons. The second kappa shape index (κ2) is 8.95. The molecular weight excluding hydrogens is 387 g/mol. The van der Waals surface area contributed by atoms with Gasteiger partial charge < -0.3 is 15.4 Å². The third kappa shape index (κ3) is 5.15.